The second kappa shape index (κ2) is 8.30. The molecule has 1 N–H and O–H groups in total. The maximum Gasteiger partial charge on any atom is 0.270 e. The van der Waals surface area contributed by atoms with Crippen LogP contribution in [0.3, 0.4) is 0 Å². The van der Waals surface area contributed by atoms with Crippen molar-refractivity contribution in [1.29, 1.82) is 5.26 Å². The Morgan fingerprint density at radius 1 is 1.52 bits per heavy atom. The molecule has 1 aromatic carbocycles. The highest BCUT2D eigenvalue weighted by Gasteiger charge is 2.16. The van der Waals surface area contributed by atoms with Crippen molar-refractivity contribution in [2.45, 2.75) is 30.7 Å². The summed E-state index contributed by atoms with van der Waals surface area (Å²) >= 11 is 1.33. The molecule has 1 saturated heterocycles. The molecule has 0 amide bonds. The van der Waals surface area contributed by atoms with Gasteiger partial charge in [0.2, 0.25) is 0 Å². The topological polar surface area (TPSA) is 88.0 Å². The van der Waals surface area contributed by atoms with Crippen molar-refractivity contribution in [2.24, 2.45) is 0 Å². The third-order valence-electron chi connectivity index (χ3n) is 4.00. The lowest BCUT2D eigenvalue weighted by molar-refractivity contribution is 0.0106. The lowest BCUT2D eigenvalue weighted by Crippen LogP contribution is -2.15. The molecular weight excluding hydrogens is 338 g/mol. The maximum absolute atomic E-state index is 12.1. The van der Waals surface area contributed by atoms with Gasteiger partial charge in [0, 0.05) is 12.2 Å². The monoisotopic (exact) mass is 357 g/mol. The molecule has 0 bridgehead atoms. The zero-order chi connectivity index (χ0) is 17.6. The Bertz CT molecular complexity index is 838. The highest BCUT2D eigenvalue weighted by molar-refractivity contribution is 7.98. The fourth-order valence-electron chi connectivity index (χ4n) is 2.75. The smallest absolute Gasteiger partial charge is 0.270 e. The molecule has 0 aliphatic carbocycles. The Balaban J connectivity index is 1.80. The molecule has 3 rings (SSSR count). The SMILES string of the molecule is CSc1nc(-c2cccc(COCC3CCCO3)c2)c(C#N)c(=O)[nH]1. The van der Waals surface area contributed by atoms with E-state index < -0.39 is 5.56 Å². The van der Waals surface area contributed by atoms with Crippen LogP contribution in [-0.2, 0) is 16.1 Å². The molecule has 2 heterocycles. The zero-order valence-corrected chi connectivity index (χ0v) is 14.8. The number of rotatable bonds is 6. The van der Waals surface area contributed by atoms with E-state index in [4.69, 9.17) is 9.47 Å². The molecule has 25 heavy (non-hydrogen) atoms. The normalized spacial score (nSPS) is 16.7. The van der Waals surface area contributed by atoms with Crippen LogP contribution < -0.4 is 5.56 Å². The number of ether oxygens (including phenoxy) is 2. The van der Waals surface area contributed by atoms with Crippen LogP contribution in [0.25, 0.3) is 11.3 Å². The van der Waals surface area contributed by atoms with Gasteiger partial charge >= 0.3 is 0 Å². The number of nitriles is 1. The molecule has 1 aliphatic heterocycles. The van der Waals surface area contributed by atoms with Crippen molar-refractivity contribution in [3.8, 4) is 17.3 Å². The molecule has 0 spiro atoms. The van der Waals surface area contributed by atoms with Gasteiger partial charge in [0.15, 0.2) is 5.16 Å². The van der Waals surface area contributed by atoms with Crippen LogP contribution in [0.2, 0.25) is 0 Å². The Labute approximate surface area is 150 Å². The highest BCUT2D eigenvalue weighted by atomic mass is 32.2. The first-order valence-electron chi connectivity index (χ1n) is 8.08. The van der Waals surface area contributed by atoms with Crippen molar-refractivity contribution >= 4 is 11.8 Å². The number of nitrogens with one attached hydrogen (secondary N) is 1. The van der Waals surface area contributed by atoms with Gasteiger partial charge in [-0.15, -0.1) is 0 Å². The Kier molecular flexibility index (Phi) is 5.87. The summed E-state index contributed by atoms with van der Waals surface area (Å²) in [5, 5.41) is 9.79. The Morgan fingerprint density at radius 2 is 2.40 bits per heavy atom. The number of hydrogen-bond acceptors (Lipinski definition) is 6. The molecule has 1 aliphatic rings. The lowest BCUT2D eigenvalue weighted by Gasteiger charge is -2.11. The molecule has 1 fully saturated rings. The van der Waals surface area contributed by atoms with E-state index in [2.05, 4.69) is 9.97 Å². The second-order valence-electron chi connectivity index (χ2n) is 5.76. The Morgan fingerprint density at radius 3 is 3.12 bits per heavy atom. The van der Waals surface area contributed by atoms with E-state index in [-0.39, 0.29) is 11.7 Å². The molecule has 1 aromatic heterocycles. The fourth-order valence-corrected chi connectivity index (χ4v) is 3.13. The molecule has 6 nitrogen and oxygen atoms in total. The predicted molar refractivity (Wildman–Crippen MR) is 95.4 cm³/mol. The molecular formula is C18H19N3O3S. The zero-order valence-electron chi connectivity index (χ0n) is 13.9. The van der Waals surface area contributed by atoms with Crippen molar-refractivity contribution in [3.05, 3.63) is 45.7 Å². The summed E-state index contributed by atoms with van der Waals surface area (Å²) in [7, 11) is 0. The minimum Gasteiger partial charge on any atom is -0.376 e. The number of benzene rings is 1. The number of aromatic nitrogens is 2. The molecule has 0 saturated carbocycles. The van der Waals surface area contributed by atoms with Gasteiger partial charge in [-0.3, -0.25) is 4.79 Å². The fraction of sp³-hybridized carbons (Fsp3) is 0.389. The van der Waals surface area contributed by atoms with Gasteiger partial charge in [0.05, 0.1) is 25.0 Å². The van der Waals surface area contributed by atoms with Crippen LogP contribution in [0.4, 0.5) is 0 Å². The standard InChI is InChI=1S/C18H19N3O3S/c1-25-18-20-16(15(9-19)17(22)21-18)13-5-2-4-12(8-13)10-23-11-14-6-3-7-24-14/h2,4-5,8,14H,3,6-7,10-11H2,1H3,(H,20,21,22). The van der Waals surface area contributed by atoms with E-state index in [1.165, 1.54) is 11.8 Å². The quantitative estimate of drug-likeness (QED) is 0.632. The Hall–Kier alpha value is -2.14. The summed E-state index contributed by atoms with van der Waals surface area (Å²) in [5.74, 6) is 0. The third kappa shape index (κ3) is 4.28. The number of H-pyrrole nitrogens is 1. The first kappa shape index (κ1) is 17.7. The number of nitrogens with zero attached hydrogens (tertiary/aromatic N) is 2. The van der Waals surface area contributed by atoms with Gasteiger partial charge in [-0.1, -0.05) is 30.0 Å². The van der Waals surface area contributed by atoms with Gasteiger partial charge in [-0.25, -0.2) is 4.98 Å². The largest absolute Gasteiger partial charge is 0.376 e. The minimum atomic E-state index is -0.420. The first-order chi connectivity index (χ1) is 12.2. The number of aromatic amines is 1. The van der Waals surface area contributed by atoms with Crippen LogP contribution in [0, 0.1) is 11.3 Å². The molecule has 130 valence electrons. The second-order valence-corrected chi connectivity index (χ2v) is 6.56. The van der Waals surface area contributed by atoms with Crippen molar-refractivity contribution in [1.82, 2.24) is 9.97 Å². The maximum atomic E-state index is 12.1. The summed E-state index contributed by atoms with van der Waals surface area (Å²) in [6.45, 7) is 1.84. The van der Waals surface area contributed by atoms with E-state index in [9.17, 15) is 10.1 Å². The molecule has 0 radical (unpaired) electrons. The van der Waals surface area contributed by atoms with E-state index in [0.29, 0.717) is 24.1 Å². The van der Waals surface area contributed by atoms with Gasteiger partial charge in [0.25, 0.3) is 5.56 Å². The molecule has 1 atom stereocenters. The molecule has 7 heteroatoms. The van der Waals surface area contributed by atoms with Gasteiger partial charge in [0.1, 0.15) is 11.6 Å². The molecule has 2 aromatic rings. The summed E-state index contributed by atoms with van der Waals surface area (Å²) in [4.78, 5) is 19.1. The summed E-state index contributed by atoms with van der Waals surface area (Å²) in [6.07, 6.45) is 4.14. The first-order valence-corrected chi connectivity index (χ1v) is 9.31. The highest BCUT2D eigenvalue weighted by Crippen LogP contribution is 2.22. The van der Waals surface area contributed by atoms with Crippen molar-refractivity contribution in [2.75, 3.05) is 19.5 Å². The summed E-state index contributed by atoms with van der Waals surface area (Å²) in [5.41, 5.74) is 1.70. The van der Waals surface area contributed by atoms with Gasteiger partial charge in [-0.2, -0.15) is 5.26 Å². The van der Waals surface area contributed by atoms with E-state index in [1.54, 1.807) is 0 Å². The van der Waals surface area contributed by atoms with Crippen LogP contribution in [0.15, 0.2) is 34.2 Å². The van der Waals surface area contributed by atoms with E-state index >= 15 is 0 Å². The van der Waals surface area contributed by atoms with Crippen molar-refractivity contribution in [3.63, 3.8) is 0 Å². The van der Waals surface area contributed by atoms with Crippen molar-refractivity contribution < 1.29 is 9.47 Å². The van der Waals surface area contributed by atoms with Crippen LogP contribution in [0.1, 0.15) is 24.0 Å². The number of hydrogen-bond donors (Lipinski definition) is 1. The van der Waals surface area contributed by atoms with Gasteiger partial charge in [-0.05, 0) is 30.7 Å². The molecule has 1 unspecified atom stereocenters. The number of thioether (sulfide) groups is 1. The van der Waals surface area contributed by atoms with E-state index in [0.717, 1.165) is 30.6 Å². The van der Waals surface area contributed by atoms with Crippen LogP contribution >= 0.6 is 11.8 Å². The summed E-state index contributed by atoms with van der Waals surface area (Å²) < 4.78 is 11.3. The van der Waals surface area contributed by atoms with E-state index in [1.807, 2.05) is 36.6 Å². The van der Waals surface area contributed by atoms with Gasteiger partial charge < -0.3 is 14.5 Å². The third-order valence-corrected chi connectivity index (χ3v) is 4.58. The lowest BCUT2D eigenvalue weighted by atomic mass is 10.1. The minimum absolute atomic E-state index is 0.0234. The van der Waals surface area contributed by atoms with Crippen LogP contribution in [-0.4, -0.2) is 35.5 Å². The summed E-state index contributed by atoms with van der Waals surface area (Å²) in [6, 6.07) is 9.53. The predicted octanol–water partition coefficient (Wildman–Crippen LogP) is 2.73. The van der Waals surface area contributed by atoms with Crippen LogP contribution in [0.5, 0.6) is 0 Å². The average Bonchev–Trinajstić information content (AvgIpc) is 3.14. The average molecular weight is 357 g/mol.